The molecule has 2 rings (SSSR count). The van der Waals surface area contributed by atoms with Crippen molar-refractivity contribution in [3.8, 4) is 0 Å². The fourth-order valence-electron chi connectivity index (χ4n) is 2.16. The van der Waals surface area contributed by atoms with Gasteiger partial charge in [0.25, 0.3) is 0 Å². The highest BCUT2D eigenvalue weighted by atomic mass is 16.8. The summed E-state index contributed by atoms with van der Waals surface area (Å²) in [5.41, 5.74) is 2.36. The molecule has 0 saturated carbocycles. The van der Waals surface area contributed by atoms with Crippen LogP contribution in [0.2, 0.25) is 0 Å². The molecule has 0 bridgehead atoms. The first kappa shape index (κ1) is 15.7. The first-order chi connectivity index (χ1) is 10.3. The van der Waals surface area contributed by atoms with Crippen molar-refractivity contribution in [3.05, 3.63) is 71.8 Å². The molecule has 2 atom stereocenters. The molecule has 0 N–H and O–H groups in total. The van der Waals surface area contributed by atoms with Crippen LogP contribution in [0.15, 0.2) is 60.7 Å². The van der Waals surface area contributed by atoms with Crippen LogP contribution < -0.4 is 0 Å². The van der Waals surface area contributed by atoms with Crippen LogP contribution in [0.4, 0.5) is 0 Å². The molecule has 112 valence electrons. The molecule has 3 heteroatoms. The van der Waals surface area contributed by atoms with Gasteiger partial charge in [-0.2, -0.15) is 0 Å². The van der Waals surface area contributed by atoms with Crippen LogP contribution in [0, 0.1) is 0 Å². The van der Waals surface area contributed by atoms with Gasteiger partial charge in [-0.05, 0) is 11.1 Å². The van der Waals surface area contributed by atoms with Crippen molar-refractivity contribution < 1.29 is 14.2 Å². The van der Waals surface area contributed by atoms with Crippen LogP contribution in [-0.4, -0.2) is 26.8 Å². The number of rotatable bonds is 8. The SMILES string of the molecule is COC(Cc1ccccc1)OC(Cc1ccccc1)OC. The molecular weight excluding hydrogens is 264 g/mol. The lowest BCUT2D eigenvalue weighted by Gasteiger charge is -2.23. The van der Waals surface area contributed by atoms with Gasteiger partial charge in [-0.3, -0.25) is 0 Å². The van der Waals surface area contributed by atoms with E-state index in [1.807, 2.05) is 36.4 Å². The number of methoxy groups -OCH3 is 2. The van der Waals surface area contributed by atoms with E-state index in [-0.39, 0.29) is 12.6 Å². The lowest BCUT2D eigenvalue weighted by Crippen LogP contribution is -2.28. The van der Waals surface area contributed by atoms with Gasteiger partial charge in [0.1, 0.15) is 0 Å². The molecule has 2 aromatic rings. The molecule has 0 amide bonds. The molecule has 0 radical (unpaired) electrons. The van der Waals surface area contributed by atoms with Crippen LogP contribution in [-0.2, 0) is 27.1 Å². The summed E-state index contributed by atoms with van der Waals surface area (Å²) in [7, 11) is 3.31. The Kier molecular flexibility index (Phi) is 6.41. The zero-order valence-electron chi connectivity index (χ0n) is 12.6. The summed E-state index contributed by atoms with van der Waals surface area (Å²) in [4.78, 5) is 0. The third kappa shape index (κ3) is 5.31. The molecule has 3 nitrogen and oxygen atoms in total. The first-order valence-electron chi connectivity index (χ1n) is 7.10. The molecule has 21 heavy (non-hydrogen) atoms. The van der Waals surface area contributed by atoms with E-state index in [9.17, 15) is 0 Å². The summed E-state index contributed by atoms with van der Waals surface area (Å²) in [6.07, 6.45) is 0.764. The maximum absolute atomic E-state index is 5.91. The Labute approximate surface area is 126 Å². The van der Waals surface area contributed by atoms with Gasteiger partial charge >= 0.3 is 0 Å². The Bertz CT molecular complexity index is 451. The molecule has 0 fully saturated rings. The second-order valence-electron chi connectivity index (χ2n) is 4.85. The van der Waals surface area contributed by atoms with Gasteiger partial charge < -0.3 is 14.2 Å². The molecule has 0 heterocycles. The standard InChI is InChI=1S/C18H22O3/c1-19-17(13-15-9-5-3-6-10-15)21-18(20-2)14-16-11-7-4-8-12-16/h3-12,17-18H,13-14H2,1-2H3. The van der Waals surface area contributed by atoms with Crippen molar-refractivity contribution in [3.63, 3.8) is 0 Å². The minimum absolute atomic E-state index is 0.318. The van der Waals surface area contributed by atoms with Gasteiger partial charge in [-0.15, -0.1) is 0 Å². The monoisotopic (exact) mass is 286 g/mol. The summed E-state index contributed by atoms with van der Waals surface area (Å²) >= 11 is 0. The zero-order valence-corrected chi connectivity index (χ0v) is 12.6. The van der Waals surface area contributed by atoms with Crippen molar-refractivity contribution >= 4 is 0 Å². The van der Waals surface area contributed by atoms with Gasteiger partial charge in [0.2, 0.25) is 0 Å². The first-order valence-corrected chi connectivity index (χ1v) is 7.10. The summed E-state index contributed by atoms with van der Waals surface area (Å²) in [5, 5.41) is 0. The van der Waals surface area contributed by atoms with Gasteiger partial charge in [-0.1, -0.05) is 60.7 Å². The van der Waals surface area contributed by atoms with Crippen LogP contribution in [0.1, 0.15) is 11.1 Å². The highest BCUT2D eigenvalue weighted by Gasteiger charge is 2.16. The summed E-state index contributed by atoms with van der Waals surface area (Å²) in [6, 6.07) is 20.3. The third-order valence-corrected chi connectivity index (χ3v) is 3.32. The lowest BCUT2D eigenvalue weighted by molar-refractivity contribution is -0.227. The molecule has 0 aliphatic carbocycles. The van der Waals surface area contributed by atoms with E-state index in [4.69, 9.17) is 14.2 Å². The minimum atomic E-state index is -0.318. The van der Waals surface area contributed by atoms with Gasteiger partial charge in [-0.25, -0.2) is 0 Å². The maximum atomic E-state index is 5.91. The average molecular weight is 286 g/mol. The Morgan fingerprint density at radius 3 is 1.38 bits per heavy atom. The van der Waals surface area contributed by atoms with Crippen LogP contribution in [0.3, 0.4) is 0 Å². The fourth-order valence-corrected chi connectivity index (χ4v) is 2.16. The quantitative estimate of drug-likeness (QED) is 0.696. The average Bonchev–Trinajstić information content (AvgIpc) is 2.55. The predicted octanol–water partition coefficient (Wildman–Crippen LogP) is 3.43. The molecular formula is C18H22O3. The van der Waals surface area contributed by atoms with E-state index in [1.54, 1.807) is 14.2 Å². The molecule has 0 spiro atoms. The minimum Gasteiger partial charge on any atom is -0.355 e. The lowest BCUT2D eigenvalue weighted by atomic mass is 10.1. The van der Waals surface area contributed by atoms with Crippen molar-refractivity contribution in [1.29, 1.82) is 0 Å². The van der Waals surface area contributed by atoms with E-state index in [0.717, 1.165) is 0 Å². The van der Waals surface area contributed by atoms with Crippen molar-refractivity contribution in [2.45, 2.75) is 25.4 Å². The molecule has 2 unspecified atom stereocenters. The van der Waals surface area contributed by atoms with E-state index in [0.29, 0.717) is 12.8 Å². The van der Waals surface area contributed by atoms with Crippen LogP contribution in [0.25, 0.3) is 0 Å². The maximum Gasteiger partial charge on any atom is 0.164 e. The highest BCUT2D eigenvalue weighted by molar-refractivity contribution is 5.16. The number of hydrogen-bond acceptors (Lipinski definition) is 3. The number of hydrogen-bond donors (Lipinski definition) is 0. The predicted molar refractivity (Wildman–Crippen MR) is 83.0 cm³/mol. The molecule has 2 aromatic carbocycles. The number of benzene rings is 2. The van der Waals surface area contributed by atoms with E-state index in [1.165, 1.54) is 11.1 Å². The second kappa shape index (κ2) is 8.57. The van der Waals surface area contributed by atoms with Crippen LogP contribution in [0.5, 0.6) is 0 Å². The molecule has 0 aromatic heterocycles. The Balaban J connectivity index is 1.92. The topological polar surface area (TPSA) is 27.7 Å². The third-order valence-electron chi connectivity index (χ3n) is 3.32. The molecule has 0 aliphatic rings. The van der Waals surface area contributed by atoms with Crippen molar-refractivity contribution in [2.75, 3.05) is 14.2 Å². The Morgan fingerprint density at radius 1 is 0.667 bits per heavy atom. The normalized spacial score (nSPS) is 13.8. The zero-order chi connectivity index (χ0) is 14.9. The molecule has 0 saturated heterocycles. The van der Waals surface area contributed by atoms with Crippen LogP contribution >= 0.6 is 0 Å². The number of ether oxygens (including phenoxy) is 3. The van der Waals surface area contributed by atoms with Gasteiger partial charge in [0.15, 0.2) is 12.6 Å². The summed E-state index contributed by atoms with van der Waals surface area (Å²) in [6.45, 7) is 0. The van der Waals surface area contributed by atoms with Crippen molar-refractivity contribution in [2.24, 2.45) is 0 Å². The Hall–Kier alpha value is -1.68. The largest absolute Gasteiger partial charge is 0.355 e. The summed E-state index contributed by atoms with van der Waals surface area (Å²) < 4.78 is 16.8. The van der Waals surface area contributed by atoms with Gasteiger partial charge in [0, 0.05) is 27.1 Å². The smallest absolute Gasteiger partial charge is 0.164 e. The Morgan fingerprint density at radius 2 is 1.05 bits per heavy atom. The fraction of sp³-hybridized carbons (Fsp3) is 0.333. The molecule has 0 aliphatic heterocycles. The second-order valence-corrected chi connectivity index (χ2v) is 4.85. The summed E-state index contributed by atoms with van der Waals surface area (Å²) in [5.74, 6) is 0. The van der Waals surface area contributed by atoms with Crippen molar-refractivity contribution in [1.82, 2.24) is 0 Å². The van der Waals surface area contributed by atoms with E-state index < -0.39 is 0 Å². The highest BCUT2D eigenvalue weighted by Crippen LogP contribution is 2.13. The van der Waals surface area contributed by atoms with E-state index in [2.05, 4.69) is 24.3 Å². The van der Waals surface area contributed by atoms with E-state index >= 15 is 0 Å². The van der Waals surface area contributed by atoms with Gasteiger partial charge in [0.05, 0.1) is 0 Å².